The Hall–Kier alpha value is -3.66. The third-order valence-electron chi connectivity index (χ3n) is 4.65. The number of hydrogen-bond donors (Lipinski definition) is 1. The lowest BCUT2D eigenvalue weighted by atomic mass is 10.1. The van der Waals surface area contributed by atoms with Crippen molar-refractivity contribution in [3.63, 3.8) is 0 Å². The van der Waals surface area contributed by atoms with E-state index in [9.17, 15) is 14.4 Å². The van der Waals surface area contributed by atoms with E-state index in [4.69, 9.17) is 10.00 Å². The van der Waals surface area contributed by atoms with Crippen molar-refractivity contribution in [3.05, 3.63) is 65.2 Å². The largest absolute Gasteiger partial charge is 0.449 e. The van der Waals surface area contributed by atoms with Crippen molar-refractivity contribution in [3.8, 4) is 6.07 Å². The number of carbonyl (C=O) groups excluding carboxylic acids is 3. The first-order chi connectivity index (χ1) is 14.0. The number of hydrogen-bond acceptors (Lipinski definition) is 5. The number of nitriles is 1. The van der Waals surface area contributed by atoms with E-state index in [-0.39, 0.29) is 5.91 Å². The van der Waals surface area contributed by atoms with Crippen molar-refractivity contribution in [2.24, 2.45) is 0 Å². The molecular formula is C22H21N3O4. The van der Waals surface area contributed by atoms with Crippen LogP contribution >= 0.6 is 0 Å². The monoisotopic (exact) mass is 391 g/mol. The normalized spacial score (nSPS) is 14.2. The maximum Gasteiger partial charge on any atom is 0.338 e. The van der Waals surface area contributed by atoms with E-state index in [0.717, 1.165) is 18.5 Å². The maximum atomic E-state index is 12.3. The summed E-state index contributed by atoms with van der Waals surface area (Å²) in [5.74, 6) is -0.950. The predicted molar refractivity (Wildman–Crippen MR) is 106 cm³/mol. The Labute approximate surface area is 168 Å². The number of amides is 2. The molecule has 1 aliphatic heterocycles. The van der Waals surface area contributed by atoms with Crippen LogP contribution in [0.15, 0.2) is 48.5 Å². The van der Waals surface area contributed by atoms with Crippen LogP contribution in [-0.2, 0) is 20.9 Å². The highest BCUT2D eigenvalue weighted by atomic mass is 16.5. The molecular weight excluding hydrogens is 370 g/mol. The molecule has 0 unspecified atom stereocenters. The molecule has 1 heterocycles. The van der Waals surface area contributed by atoms with Crippen molar-refractivity contribution in [1.82, 2.24) is 4.90 Å². The molecule has 2 aromatic carbocycles. The number of benzene rings is 2. The van der Waals surface area contributed by atoms with Crippen LogP contribution in [0.3, 0.4) is 0 Å². The Kier molecular flexibility index (Phi) is 6.25. The molecule has 148 valence electrons. The van der Waals surface area contributed by atoms with E-state index >= 15 is 0 Å². The first-order valence-corrected chi connectivity index (χ1v) is 9.35. The molecule has 0 bridgehead atoms. The van der Waals surface area contributed by atoms with Crippen LogP contribution in [0.25, 0.3) is 0 Å². The van der Waals surface area contributed by atoms with Crippen LogP contribution in [0.1, 0.15) is 41.3 Å². The SMILES string of the molecule is C[C@@H](OC(=O)c1ccc(CN2CCCC2=O)cc1)C(=O)Nc1cccc(C#N)c1. The lowest BCUT2D eigenvalue weighted by molar-refractivity contribution is -0.128. The topological polar surface area (TPSA) is 99.5 Å². The molecule has 2 amide bonds. The van der Waals surface area contributed by atoms with Gasteiger partial charge in [0, 0.05) is 25.2 Å². The van der Waals surface area contributed by atoms with Gasteiger partial charge in [0.15, 0.2) is 6.10 Å². The molecule has 0 aromatic heterocycles. The summed E-state index contributed by atoms with van der Waals surface area (Å²) in [5.41, 5.74) is 2.13. The summed E-state index contributed by atoms with van der Waals surface area (Å²) in [6, 6.07) is 15.3. The zero-order chi connectivity index (χ0) is 20.8. The minimum absolute atomic E-state index is 0.147. The average molecular weight is 391 g/mol. The van der Waals surface area contributed by atoms with Gasteiger partial charge in [0.05, 0.1) is 17.2 Å². The van der Waals surface area contributed by atoms with Crippen molar-refractivity contribution < 1.29 is 19.1 Å². The average Bonchev–Trinajstić information content (AvgIpc) is 3.13. The van der Waals surface area contributed by atoms with Gasteiger partial charge >= 0.3 is 5.97 Å². The number of likely N-dealkylation sites (tertiary alicyclic amines) is 1. The second kappa shape index (κ2) is 9.02. The highest BCUT2D eigenvalue weighted by Crippen LogP contribution is 2.16. The summed E-state index contributed by atoms with van der Waals surface area (Å²) in [4.78, 5) is 38.1. The van der Waals surface area contributed by atoms with Gasteiger partial charge < -0.3 is 15.0 Å². The fourth-order valence-electron chi connectivity index (χ4n) is 3.03. The molecule has 1 saturated heterocycles. The Morgan fingerprint density at radius 2 is 2.00 bits per heavy atom. The summed E-state index contributed by atoms with van der Waals surface area (Å²) in [5, 5.41) is 11.5. The van der Waals surface area contributed by atoms with Gasteiger partial charge in [-0.15, -0.1) is 0 Å². The molecule has 0 spiro atoms. The summed E-state index contributed by atoms with van der Waals surface area (Å²) in [6.07, 6.45) is 0.463. The number of carbonyl (C=O) groups is 3. The lowest BCUT2D eigenvalue weighted by Gasteiger charge is -2.16. The molecule has 1 aliphatic rings. The van der Waals surface area contributed by atoms with Crippen LogP contribution in [0.2, 0.25) is 0 Å². The maximum absolute atomic E-state index is 12.3. The van der Waals surface area contributed by atoms with Gasteiger partial charge in [0.2, 0.25) is 5.91 Å². The minimum Gasteiger partial charge on any atom is -0.449 e. The molecule has 1 fully saturated rings. The van der Waals surface area contributed by atoms with E-state index < -0.39 is 18.0 Å². The Morgan fingerprint density at radius 1 is 1.24 bits per heavy atom. The summed E-state index contributed by atoms with van der Waals surface area (Å²) in [6.45, 7) is 2.76. The zero-order valence-electron chi connectivity index (χ0n) is 16.1. The minimum atomic E-state index is -1.00. The summed E-state index contributed by atoms with van der Waals surface area (Å²) >= 11 is 0. The van der Waals surface area contributed by atoms with E-state index in [2.05, 4.69) is 5.32 Å². The van der Waals surface area contributed by atoms with Crippen LogP contribution < -0.4 is 5.32 Å². The molecule has 0 saturated carbocycles. The van der Waals surface area contributed by atoms with E-state index in [0.29, 0.717) is 29.8 Å². The molecule has 3 rings (SSSR count). The molecule has 7 heteroatoms. The van der Waals surface area contributed by atoms with Gasteiger partial charge in [0.25, 0.3) is 5.91 Å². The van der Waals surface area contributed by atoms with E-state index in [1.165, 1.54) is 13.0 Å². The molecule has 7 nitrogen and oxygen atoms in total. The smallest absolute Gasteiger partial charge is 0.338 e. The highest BCUT2D eigenvalue weighted by molar-refractivity contribution is 5.97. The first-order valence-electron chi connectivity index (χ1n) is 9.35. The second-order valence-electron chi connectivity index (χ2n) is 6.85. The van der Waals surface area contributed by atoms with Gasteiger partial charge in [-0.1, -0.05) is 18.2 Å². The second-order valence-corrected chi connectivity index (χ2v) is 6.85. The van der Waals surface area contributed by atoms with Crippen LogP contribution in [-0.4, -0.2) is 35.3 Å². The third-order valence-corrected chi connectivity index (χ3v) is 4.65. The Morgan fingerprint density at radius 3 is 2.66 bits per heavy atom. The quantitative estimate of drug-likeness (QED) is 0.764. The standard InChI is InChI=1S/C22H21N3O4/c1-15(21(27)24-19-5-2-4-17(12-19)13-23)29-22(28)18-9-7-16(8-10-18)14-25-11-3-6-20(25)26/h2,4-5,7-10,12,15H,3,6,11,14H2,1H3,(H,24,27)/t15-/m1/s1. The van der Waals surface area contributed by atoms with Gasteiger partial charge in [-0.25, -0.2) is 4.79 Å². The fraction of sp³-hybridized carbons (Fsp3) is 0.273. The number of rotatable bonds is 6. The number of nitrogens with one attached hydrogen (secondary N) is 1. The van der Waals surface area contributed by atoms with Crippen molar-refractivity contribution in [2.45, 2.75) is 32.4 Å². The fourth-order valence-corrected chi connectivity index (χ4v) is 3.03. The van der Waals surface area contributed by atoms with Crippen LogP contribution in [0.5, 0.6) is 0 Å². The van der Waals surface area contributed by atoms with Crippen molar-refractivity contribution >= 4 is 23.5 Å². The van der Waals surface area contributed by atoms with Gasteiger partial charge in [-0.2, -0.15) is 5.26 Å². The lowest BCUT2D eigenvalue weighted by Crippen LogP contribution is -2.30. The Balaban J connectivity index is 1.55. The van der Waals surface area contributed by atoms with Gasteiger partial charge in [0.1, 0.15) is 0 Å². The van der Waals surface area contributed by atoms with E-state index in [1.54, 1.807) is 47.4 Å². The molecule has 29 heavy (non-hydrogen) atoms. The van der Waals surface area contributed by atoms with Gasteiger partial charge in [-0.3, -0.25) is 9.59 Å². The number of nitrogens with zero attached hydrogens (tertiary/aromatic N) is 2. The molecule has 1 N–H and O–H groups in total. The van der Waals surface area contributed by atoms with Gasteiger partial charge in [-0.05, 0) is 49.2 Å². The van der Waals surface area contributed by atoms with Crippen LogP contribution in [0.4, 0.5) is 5.69 Å². The molecule has 2 aromatic rings. The summed E-state index contributed by atoms with van der Waals surface area (Å²) < 4.78 is 5.24. The number of anilines is 1. The molecule has 1 atom stereocenters. The highest BCUT2D eigenvalue weighted by Gasteiger charge is 2.21. The summed E-state index contributed by atoms with van der Waals surface area (Å²) in [7, 11) is 0. The first kappa shape index (κ1) is 20.1. The third kappa shape index (κ3) is 5.20. The van der Waals surface area contributed by atoms with Crippen LogP contribution in [0, 0.1) is 11.3 Å². The molecule has 0 radical (unpaired) electrons. The van der Waals surface area contributed by atoms with Crippen molar-refractivity contribution in [2.75, 3.05) is 11.9 Å². The molecule has 0 aliphatic carbocycles. The Bertz CT molecular complexity index is 963. The number of esters is 1. The zero-order valence-corrected chi connectivity index (χ0v) is 16.1. The van der Waals surface area contributed by atoms with Crippen molar-refractivity contribution in [1.29, 1.82) is 5.26 Å². The predicted octanol–water partition coefficient (Wildman–Crippen LogP) is 2.86. The number of ether oxygens (including phenoxy) is 1. The van der Waals surface area contributed by atoms with E-state index in [1.807, 2.05) is 6.07 Å².